The highest BCUT2D eigenvalue weighted by Gasteiger charge is 2.26. The van der Waals surface area contributed by atoms with E-state index in [1.54, 1.807) is 7.05 Å². The molecule has 2 aromatic rings. The molecule has 1 aliphatic heterocycles. The number of hydrogen-bond donors (Lipinski definition) is 0. The van der Waals surface area contributed by atoms with Crippen LogP contribution in [-0.2, 0) is 20.5 Å². The minimum Gasteiger partial charge on any atom is -0.470 e. The van der Waals surface area contributed by atoms with Crippen LogP contribution in [0.3, 0.4) is 0 Å². The molecule has 0 saturated carbocycles. The van der Waals surface area contributed by atoms with Gasteiger partial charge in [-0.1, -0.05) is 30.3 Å². The van der Waals surface area contributed by atoms with Crippen LogP contribution in [0, 0.1) is 0 Å². The van der Waals surface area contributed by atoms with E-state index in [0.717, 1.165) is 16.6 Å². The lowest BCUT2D eigenvalue weighted by Gasteiger charge is -2.27. The van der Waals surface area contributed by atoms with Gasteiger partial charge in [0, 0.05) is 14.1 Å². The van der Waals surface area contributed by atoms with Gasteiger partial charge in [-0.3, -0.25) is 13.9 Å². The Labute approximate surface area is 116 Å². The number of rotatable bonds is 1. The first kappa shape index (κ1) is 12.7. The monoisotopic (exact) mass is 272 g/mol. The van der Waals surface area contributed by atoms with Crippen LogP contribution in [0.25, 0.3) is 0 Å². The number of hydrogen-bond acceptors (Lipinski definition) is 3. The van der Waals surface area contributed by atoms with Gasteiger partial charge in [-0.15, -0.1) is 0 Å². The molecule has 0 saturated heterocycles. The highest BCUT2D eigenvalue weighted by Crippen LogP contribution is 2.31. The second-order valence-electron chi connectivity index (χ2n) is 5.05. The topological polar surface area (TPSA) is 53.2 Å². The van der Waals surface area contributed by atoms with Gasteiger partial charge >= 0.3 is 5.69 Å². The van der Waals surface area contributed by atoms with Crippen molar-refractivity contribution in [3.63, 3.8) is 0 Å². The SMILES string of the molecule is Cn1c2c(c(=O)n(C)c1=O)CC[C@H](c1ccccc1)O2. The van der Waals surface area contributed by atoms with E-state index in [2.05, 4.69) is 0 Å². The molecule has 0 fully saturated rings. The van der Waals surface area contributed by atoms with E-state index < -0.39 is 0 Å². The van der Waals surface area contributed by atoms with Gasteiger partial charge in [-0.25, -0.2) is 4.79 Å². The predicted molar refractivity (Wildman–Crippen MR) is 75.1 cm³/mol. The van der Waals surface area contributed by atoms with Gasteiger partial charge in [0.2, 0.25) is 5.88 Å². The minimum absolute atomic E-state index is 0.110. The van der Waals surface area contributed by atoms with Crippen LogP contribution in [-0.4, -0.2) is 9.13 Å². The van der Waals surface area contributed by atoms with Crippen molar-refractivity contribution in [1.29, 1.82) is 0 Å². The lowest BCUT2D eigenvalue weighted by atomic mass is 9.99. The Hall–Kier alpha value is -2.30. The Morgan fingerprint density at radius 2 is 1.80 bits per heavy atom. The van der Waals surface area contributed by atoms with Crippen molar-refractivity contribution in [2.75, 3.05) is 0 Å². The zero-order valence-corrected chi connectivity index (χ0v) is 11.5. The van der Waals surface area contributed by atoms with Crippen LogP contribution in [0.1, 0.15) is 23.7 Å². The third kappa shape index (κ3) is 1.86. The first-order valence-corrected chi connectivity index (χ1v) is 6.60. The molecule has 5 heteroatoms. The molecule has 104 valence electrons. The van der Waals surface area contributed by atoms with Crippen LogP contribution in [0.15, 0.2) is 39.9 Å². The van der Waals surface area contributed by atoms with Crippen LogP contribution in [0.2, 0.25) is 0 Å². The molecule has 0 radical (unpaired) electrons. The van der Waals surface area contributed by atoms with Gasteiger partial charge in [-0.05, 0) is 18.4 Å². The minimum atomic E-state index is -0.359. The average molecular weight is 272 g/mol. The van der Waals surface area contributed by atoms with Crippen LogP contribution >= 0.6 is 0 Å². The number of benzene rings is 1. The fraction of sp³-hybridized carbons (Fsp3) is 0.333. The molecule has 0 amide bonds. The highest BCUT2D eigenvalue weighted by atomic mass is 16.5. The zero-order chi connectivity index (χ0) is 14.3. The van der Waals surface area contributed by atoms with Crippen molar-refractivity contribution in [3.05, 3.63) is 62.3 Å². The van der Waals surface area contributed by atoms with Crippen molar-refractivity contribution in [2.45, 2.75) is 18.9 Å². The van der Waals surface area contributed by atoms with Crippen molar-refractivity contribution in [1.82, 2.24) is 9.13 Å². The molecular weight excluding hydrogens is 256 g/mol. The van der Waals surface area contributed by atoms with E-state index in [1.807, 2.05) is 30.3 Å². The summed E-state index contributed by atoms with van der Waals surface area (Å²) in [5.41, 5.74) is 1.03. The lowest BCUT2D eigenvalue weighted by Crippen LogP contribution is -2.41. The van der Waals surface area contributed by atoms with Crippen molar-refractivity contribution < 1.29 is 4.74 Å². The number of nitrogens with zero attached hydrogens (tertiary/aromatic N) is 2. The fourth-order valence-corrected chi connectivity index (χ4v) is 2.63. The van der Waals surface area contributed by atoms with Gasteiger partial charge in [-0.2, -0.15) is 0 Å². The molecule has 0 aliphatic carbocycles. The van der Waals surface area contributed by atoms with Crippen molar-refractivity contribution in [3.8, 4) is 5.88 Å². The van der Waals surface area contributed by atoms with E-state index in [0.29, 0.717) is 17.9 Å². The Morgan fingerprint density at radius 1 is 1.10 bits per heavy atom. The first-order valence-electron chi connectivity index (χ1n) is 6.60. The predicted octanol–water partition coefficient (Wildman–Crippen LogP) is 1.15. The summed E-state index contributed by atoms with van der Waals surface area (Å²) in [5.74, 6) is 0.401. The Balaban J connectivity index is 2.09. The average Bonchev–Trinajstić information content (AvgIpc) is 2.51. The van der Waals surface area contributed by atoms with E-state index >= 15 is 0 Å². The maximum Gasteiger partial charge on any atom is 0.333 e. The van der Waals surface area contributed by atoms with Crippen molar-refractivity contribution >= 4 is 0 Å². The molecule has 1 aromatic carbocycles. The maximum absolute atomic E-state index is 12.1. The van der Waals surface area contributed by atoms with Gasteiger partial charge in [0.1, 0.15) is 6.10 Å². The molecule has 20 heavy (non-hydrogen) atoms. The quantitative estimate of drug-likeness (QED) is 0.782. The normalized spacial score (nSPS) is 17.4. The van der Waals surface area contributed by atoms with E-state index in [1.165, 1.54) is 11.6 Å². The molecular formula is C15H16N2O3. The summed E-state index contributed by atoms with van der Waals surface area (Å²) in [6.07, 6.45) is 1.25. The van der Waals surface area contributed by atoms with E-state index in [4.69, 9.17) is 4.74 Å². The number of fused-ring (bicyclic) bond motifs is 1. The standard InChI is InChI=1S/C15H16N2O3/c1-16-13(18)11-8-9-12(10-6-4-3-5-7-10)20-14(11)17(2)15(16)19/h3-7,12H,8-9H2,1-2H3/t12-/m1/s1. The molecule has 1 aliphatic rings. The number of aromatic nitrogens is 2. The van der Waals surface area contributed by atoms with E-state index in [-0.39, 0.29) is 17.4 Å². The van der Waals surface area contributed by atoms with Gasteiger partial charge in [0.25, 0.3) is 5.56 Å². The van der Waals surface area contributed by atoms with Crippen molar-refractivity contribution in [2.24, 2.45) is 14.1 Å². The summed E-state index contributed by atoms with van der Waals surface area (Å²) >= 11 is 0. The first-order chi connectivity index (χ1) is 9.59. The summed E-state index contributed by atoms with van der Waals surface area (Å²) < 4.78 is 8.45. The second-order valence-corrected chi connectivity index (χ2v) is 5.05. The zero-order valence-electron chi connectivity index (χ0n) is 11.5. The van der Waals surface area contributed by atoms with Crippen LogP contribution in [0.4, 0.5) is 0 Å². The van der Waals surface area contributed by atoms with Crippen LogP contribution < -0.4 is 16.0 Å². The smallest absolute Gasteiger partial charge is 0.333 e. The molecule has 5 nitrogen and oxygen atoms in total. The molecule has 1 atom stereocenters. The van der Waals surface area contributed by atoms with E-state index in [9.17, 15) is 9.59 Å². The van der Waals surface area contributed by atoms with Gasteiger partial charge < -0.3 is 4.74 Å². The lowest BCUT2D eigenvalue weighted by molar-refractivity contribution is 0.156. The largest absolute Gasteiger partial charge is 0.470 e. The molecule has 0 unspecified atom stereocenters. The maximum atomic E-state index is 12.1. The molecule has 0 spiro atoms. The van der Waals surface area contributed by atoms with Gasteiger partial charge in [0.05, 0.1) is 5.56 Å². The molecule has 0 bridgehead atoms. The summed E-state index contributed by atoms with van der Waals surface area (Å²) in [7, 11) is 3.13. The summed E-state index contributed by atoms with van der Waals surface area (Å²) in [6, 6.07) is 9.85. The molecule has 1 aromatic heterocycles. The Kier molecular flexibility index (Phi) is 2.97. The third-order valence-corrected chi connectivity index (χ3v) is 3.78. The summed E-state index contributed by atoms with van der Waals surface area (Å²) in [6.45, 7) is 0. The highest BCUT2D eigenvalue weighted by molar-refractivity contribution is 5.30. The summed E-state index contributed by atoms with van der Waals surface area (Å²) in [5, 5.41) is 0. The third-order valence-electron chi connectivity index (χ3n) is 3.78. The fourth-order valence-electron chi connectivity index (χ4n) is 2.63. The van der Waals surface area contributed by atoms with Crippen LogP contribution in [0.5, 0.6) is 5.88 Å². The molecule has 0 N–H and O–H groups in total. The van der Waals surface area contributed by atoms with Gasteiger partial charge in [0.15, 0.2) is 0 Å². The molecule has 3 rings (SSSR count). The second kappa shape index (κ2) is 4.67. The summed E-state index contributed by atoms with van der Waals surface area (Å²) in [4.78, 5) is 24.0. The molecule has 2 heterocycles. The Bertz CT molecular complexity index is 759. The number of ether oxygens (including phenoxy) is 1. The Morgan fingerprint density at radius 3 is 2.50 bits per heavy atom.